The van der Waals surface area contributed by atoms with E-state index in [0.29, 0.717) is 41.2 Å². The van der Waals surface area contributed by atoms with E-state index in [4.69, 9.17) is 15.6 Å². The number of rotatable bonds is 4. The maximum absolute atomic E-state index is 13.6. The molecule has 0 unspecified atom stereocenters. The largest absolute Gasteiger partial charge is 0.493 e. The summed E-state index contributed by atoms with van der Waals surface area (Å²) in [6.45, 7) is 2.98. The number of ether oxygens (including phenoxy) is 1. The van der Waals surface area contributed by atoms with Crippen LogP contribution in [0.25, 0.3) is 10.4 Å². The molecule has 2 fully saturated rings. The second-order valence-corrected chi connectivity index (χ2v) is 11.9. The van der Waals surface area contributed by atoms with Gasteiger partial charge in [-0.15, -0.1) is 11.3 Å². The van der Waals surface area contributed by atoms with Gasteiger partial charge in [0, 0.05) is 30.6 Å². The van der Waals surface area contributed by atoms with Crippen molar-refractivity contribution in [3.63, 3.8) is 0 Å². The molecule has 2 aromatic carbocycles. The number of carbonyl (C=O) groups is 2. The molecule has 1 saturated carbocycles. The number of fused-ring (bicyclic) bond motifs is 2. The first-order chi connectivity index (χ1) is 18.3. The first-order valence-electron chi connectivity index (χ1n) is 12.7. The highest BCUT2D eigenvalue weighted by Crippen LogP contribution is 2.43. The predicted molar refractivity (Wildman–Crippen MR) is 147 cm³/mol. The molecular formula is C28H29BrFN3O4S. The number of aryl methyl sites for hydroxylation is 1. The summed E-state index contributed by atoms with van der Waals surface area (Å²) in [5, 5.41) is 9.62. The highest BCUT2D eigenvalue weighted by atomic mass is 79.9. The molecule has 1 aromatic heterocycles. The Morgan fingerprint density at radius 3 is 2.84 bits per heavy atom. The summed E-state index contributed by atoms with van der Waals surface area (Å²) in [6.07, 6.45) is 5.10. The van der Waals surface area contributed by atoms with Gasteiger partial charge in [-0.2, -0.15) is 0 Å². The Balaban J connectivity index is 0.000000204. The molecule has 3 N–H and O–H groups in total. The van der Waals surface area contributed by atoms with Crippen molar-refractivity contribution in [1.29, 1.82) is 0 Å². The number of benzene rings is 2. The molecule has 3 heterocycles. The number of carboxylic acids is 1. The van der Waals surface area contributed by atoms with E-state index in [1.54, 1.807) is 30.3 Å². The van der Waals surface area contributed by atoms with E-state index in [1.165, 1.54) is 30.2 Å². The van der Waals surface area contributed by atoms with E-state index in [2.05, 4.69) is 20.9 Å². The lowest BCUT2D eigenvalue weighted by molar-refractivity contribution is 0.0658. The van der Waals surface area contributed by atoms with Gasteiger partial charge in [-0.25, -0.2) is 14.2 Å². The summed E-state index contributed by atoms with van der Waals surface area (Å²) in [6, 6.07) is 10.3. The van der Waals surface area contributed by atoms with Crippen LogP contribution in [-0.2, 0) is 6.42 Å². The highest BCUT2D eigenvalue weighted by molar-refractivity contribution is 9.10. The third-order valence-corrected chi connectivity index (χ3v) is 9.17. The molecule has 0 radical (unpaired) electrons. The molecule has 38 heavy (non-hydrogen) atoms. The van der Waals surface area contributed by atoms with Crippen molar-refractivity contribution in [3.8, 4) is 16.2 Å². The summed E-state index contributed by atoms with van der Waals surface area (Å²) >= 11 is 4.70. The maximum atomic E-state index is 13.6. The van der Waals surface area contributed by atoms with Gasteiger partial charge in [0.2, 0.25) is 0 Å². The molecule has 3 aromatic rings. The number of halogens is 2. The number of thiazole rings is 1. The molecule has 1 aliphatic carbocycles. The smallest absolute Gasteiger partial charge is 0.336 e. The minimum Gasteiger partial charge on any atom is -0.493 e. The molecule has 2 aliphatic heterocycles. The van der Waals surface area contributed by atoms with Gasteiger partial charge in [0.1, 0.15) is 17.3 Å². The number of aromatic carboxylic acids is 1. The van der Waals surface area contributed by atoms with E-state index in [-0.39, 0.29) is 23.8 Å². The van der Waals surface area contributed by atoms with E-state index >= 15 is 0 Å². The van der Waals surface area contributed by atoms with Crippen LogP contribution >= 0.6 is 27.3 Å². The van der Waals surface area contributed by atoms with Crippen molar-refractivity contribution in [1.82, 2.24) is 9.88 Å². The molecular weight excluding hydrogens is 573 g/mol. The minimum atomic E-state index is -0.877. The number of nitrogens with zero attached hydrogens (tertiary/aromatic N) is 2. The van der Waals surface area contributed by atoms with Crippen molar-refractivity contribution in [3.05, 3.63) is 68.5 Å². The number of carbonyl (C=O) groups excluding carboxylic acids is 1. The van der Waals surface area contributed by atoms with Crippen molar-refractivity contribution in [2.24, 2.45) is 11.7 Å². The van der Waals surface area contributed by atoms with Gasteiger partial charge in [-0.05, 0) is 77.9 Å². The second kappa shape index (κ2) is 11.1. The van der Waals surface area contributed by atoms with Gasteiger partial charge in [0.15, 0.2) is 0 Å². The average Bonchev–Trinajstić information content (AvgIpc) is 3.68. The fraction of sp³-hybridized carbons (Fsp3) is 0.393. The molecule has 10 heteroatoms. The van der Waals surface area contributed by atoms with Crippen molar-refractivity contribution >= 4 is 39.1 Å². The summed E-state index contributed by atoms with van der Waals surface area (Å²) in [7, 11) is 0. The lowest BCUT2D eigenvalue weighted by Crippen LogP contribution is -2.44. The Bertz CT molecular complexity index is 1380. The first-order valence-corrected chi connectivity index (χ1v) is 14.3. The lowest BCUT2D eigenvalue weighted by atomic mass is 10.0. The maximum Gasteiger partial charge on any atom is 0.336 e. The number of likely N-dealkylation sites (tertiary alicyclic amines) is 1. The number of hydrogen-bond donors (Lipinski definition) is 2. The molecule has 6 rings (SSSR count). The van der Waals surface area contributed by atoms with Crippen molar-refractivity contribution < 1.29 is 23.8 Å². The van der Waals surface area contributed by atoms with Crippen LogP contribution in [0.5, 0.6) is 5.75 Å². The van der Waals surface area contributed by atoms with Crippen LogP contribution in [0.15, 0.2) is 40.9 Å². The van der Waals surface area contributed by atoms with Gasteiger partial charge >= 0.3 is 5.97 Å². The van der Waals surface area contributed by atoms with E-state index in [0.717, 1.165) is 39.6 Å². The fourth-order valence-corrected chi connectivity index (χ4v) is 7.15. The number of hydrogen-bond acceptors (Lipinski definition) is 6. The zero-order valence-corrected chi connectivity index (χ0v) is 23.4. The highest BCUT2D eigenvalue weighted by Gasteiger charge is 2.46. The Morgan fingerprint density at radius 1 is 1.29 bits per heavy atom. The van der Waals surface area contributed by atoms with E-state index in [1.807, 2.05) is 11.8 Å². The Hall–Kier alpha value is -2.82. The summed E-state index contributed by atoms with van der Waals surface area (Å²) in [4.78, 5) is 31.5. The quantitative estimate of drug-likeness (QED) is 0.398. The van der Waals surface area contributed by atoms with Crippen LogP contribution in [0.3, 0.4) is 0 Å². The monoisotopic (exact) mass is 601 g/mol. The van der Waals surface area contributed by atoms with E-state index < -0.39 is 5.97 Å². The summed E-state index contributed by atoms with van der Waals surface area (Å²) in [5.41, 5.74) is 8.44. The van der Waals surface area contributed by atoms with Gasteiger partial charge in [-0.1, -0.05) is 18.6 Å². The van der Waals surface area contributed by atoms with Crippen LogP contribution < -0.4 is 10.5 Å². The van der Waals surface area contributed by atoms with Crippen LogP contribution in [0.4, 0.5) is 4.39 Å². The van der Waals surface area contributed by atoms with Crippen LogP contribution in [-0.4, -0.2) is 52.1 Å². The van der Waals surface area contributed by atoms with Crippen LogP contribution in [0, 0.1) is 18.7 Å². The van der Waals surface area contributed by atoms with Gasteiger partial charge in [-0.3, -0.25) is 4.79 Å². The number of amides is 1. The summed E-state index contributed by atoms with van der Waals surface area (Å²) in [5.74, 6) is 0.0527. The zero-order chi connectivity index (χ0) is 27.0. The topological polar surface area (TPSA) is 106 Å². The number of nitrogens with two attached hydrogens (primary N) is 1. The lowest BCUT2D eigenvalue weighted by Gasteiger charge is -2.29. The molecule has 3 atom stereocenters. The molecule has 7 nitrogen and oxygen atoms in total. The van der Waals surface area contributed by atoms with E-state index in [9.17, 15) is 14.0 Å². The molecule has 200 valence electrons. The predicted octanol–water partition coefficient (Wildman–Crippen LogP) is 5.68. The Labute approximate surface area is 233 Å². The van der Waals surface area contributed by atoms with Crippen LogP contribution in [0.2, 0.25) is 0 Å². The first kappa shape index (κ1) is 26.8. The third-order valence-electron chi connectivity index (χ3n) is 7.54. The molecule has 1 saturated heterocycles. The SMILES string of the molecule is Cc1nc(C(=O)N2[C@H](CN)C[C@@H]3CCC[C@@H]32)c(-c2ccc(F)c(Br)c2)s1.O=C(O)c1cccc2c1CCO2. The molecule has 0 spiro atoms. The third kappa shape index (κ3) is 5.09. The van der Waals surface area contributed by atoms with Crippen molar-refractivity contribution in [2.75, 3.05) is 13.2 Å². The molecule has 1 amide bonds. The zero-order valence-electron chi connectivity index (χ0n) is 21.0. The van der Waals surface area contributed by atoms with Crippen LogP contribution in [0.1, 0.15) is 57.1 Å². The number of aromatic nitrogens is 1. The molecule has 3 aliphatic rings. The standard InChI is InChI=1S/C19H21BrFN3OS.C9H8O3/c1-10-23-17(18(26-10)12-5-6-15(21)14(20)8-12)19(25)24-13(9-22)7-11-3-2-4-16(11)24;10-9(11)7-2-1-3-8-6(7)4-5-12-8/h5-6,8,11,13,16H,2-4,7,9,22H2,1H3;1-3H,4-5H2,(H,10,11)/t11-,13-,16-;/m0./s1. The second-order valence-electron chi connectivity index (χ2n) is 9.82. The Morgan fingerprint density at radius 2 is 2.11 bits per heavy atom. The van der Waals surface area contributed by atoms with Crippen molar-refractivity contribution in [2.45, 2.75) is 51.1 Å². The van der Waals surface area contributed by atoms with Gasteiger partial charge in [0.25, 0.3) is 5.91 Å². The van der Waals surface area contributed by atoms with Gasteiger partial charge < -0.3 is 20.5 Å². The minimum absolute atomic E-state index is 0.0327. The fourth-order valence-electron chi connectivity index (χ4n) is 5.87. The van der Waals surface area contributed by atoms with Gasteiger partial charge in [0.05, 0.1) is 26.5 Å². The average molecular weight is 603 g/mol. The normalized spacial score (nSPS) is 21.4. The Kier molecular flexibility index (Phi) is 7.83. The number of carboxylic acid groups (broad SMARTS) is 1. The molecule has 0 bridgehead atoms. The summed E-state index contributed by atoms with van der Waals surface area (Å²) < 4.78 is 19.2.